The van der Waals surface area contributed by atoms with Gasteiger partial charge in [0.15, 0.2) is 17.5 Å². The molecule has 0 N–H and O–H groups in total. The fourth-order valence-electron chi connectivity index (χ4n) is 6.37. The van der Waals surface area contributed by atoms with Gasteiger partial charge in [-0.1, -0.05) is 164 Å². The van der Waals surface area contributed by atoms with Crippen molar-refractivity contribution in [3.8, 4) is 67.5 Å². The molecule has 7 aromatic carbocycles. The first-order valence-electron chi connectivity index (χ1n) is 16.4. The molecule has 2 heterocycles. The largest absolute Gasteiger partial charge is 0.208 e. The van der Waals surface area contributed by atoms with Crippen LogP contribution in [0.25, 0.3) is 87.7 Å². The molecule has 0 saturated carbocycles. The monoisotopic (exact) mass is 643 g/mol. The lowest BCUT2D eigenvalue weighted by molar-refractivity contribution is 1.07. The van der Waals surface area contributed by atoms with Gasteiger partial charge in [0.1, 0.15) is 0 Å². The van der Waals surface area contributed by atoms with Gasteiger partial charge in [0, 0.05) is 36.9 Å². The summed E-state index contributed by atoms with van der Waals surface area (Å²) in [7, 11) is 0. The van der Waals surface area contributed by atoms with Crippen molar-refractivity contribution >= 4 is 31.5 Å². The Labute approximate surface area is 288 Å². The van der Waals surface area contributed by atoms with Crippen molar-refractivity contribution < 1.29 is 0 Å². The minimum absolute atomic E-state index is 0.649. The predicted octanol–water partition coefficient (Wildman–Crippen LogP) is 12.2. The van der Waals surface area contributed by atoms with Crippen LogP contribution >= 0.6 is 11.3 Å². The average Bonchev–Trinajstić information content (AvgIpc) is 3.56. The van der Waals surface area contributed by atoms with E-state index in [0.717, 1.165) is 27.8 Å². The number of rotatable bonds is 6. The highest BCUT2D eigenvalue weighted by Crippen LogP contribution is 2.38. The van der Waals surface area contributed by atoms with Crippen LogP contribution in [0.5, 0.6) is 0 Å². The van der Waals surface area contributed by atoms with Crippen molar-refractivity contribution in [3.05, 3.63) is 176 Å². The molecular weight excluding hydrogens is 615 g/mol. The Morgan fingerprint density at radius 3 is 1.02 bits per heavy atom. The molecule has 3 nitrogen and oxygen atoms in total. The quantitative estimate of drug-likeness (QED) is 0.181. The van der Waals surface area contributed by atoms with E-state index >= 15 is 0 Å². The summed E-state index contributed by atoms with van der Waals surface area (Å²) in [5.41, 5.74) is 9.97. The van der Waals surface area contributed by atoms with Crippen LogP contribution in [0, 0.1) is 0 Å². The first-order valence-corrected chi connectivity index (χ1v) is 17.2. The number of fused-ring (bicyclic) bond motifs is 3. The van der Waals surface area contributed by atoms with Crippen molar-refractivity contribution in [1.29, 1.82) is 0 Å². The highest BCUT2D eigenvalue weighted by molar-refractivity contribution is 7.25. The third-order valence-electron chi connectivity index (χ3n) is 8.97. The van der Waals surface area contributed by atoms with Crippen LogP contribution in [0.1, 0.15) is 0 Å². The SMILES string of the molecule is c1ccc(-c2ccc(-c3nc(-c4ccc(-c5ccccc5)cc4)nc(-c4ccc5c(c4)sc4cc(-c6ccccc6)ccc45)n3)cc2)cc1. The summed E-state index contributed by atoms with van der Waals surface area (Å²) < 4.78 is 2.48. The van der Waals surface area contributed by atoms with Gasteiger partial charge >= 0.3 is 0 Å². The molecule has 0 amide bonds. The molecule has 0 unspecified atom stereocenters. The van der Waals surface area contributed by atoms with Crippen molar-refractivity contribution in [2.24, 2.45) is 0 Å². The van der Waals surface area contributed by atoms with Crippen molar-refractivity contribution in [1.82, 2.24) is 15.0 Å². The van der Waals surface area contributed by atoms with Gasteiger partial charge in [-0.25, -0.2) is 15.0 Å². The lowest BCUT2D eigenvalue weighted by Crippen LogP contribution is -2.00. The molecule has 0 aliphatic carbocycles. The lowest BCUT2D eigenvalue weighted by atomic mass is 10.0. The molecule has 230 valence electrons. The summed E-state index contributed by atoms with van der Waals surface area (Å²) in [5, 5.41) is 2.51. The van der Waals surface area contributed by atoms with E-state index in [-0.39, 0.29) is 0 Å². The van der Waals surface area contributed by atoms with Crippen molar-refractivity contribution in [2.75, 3.05) is 0 Å². The second-order valence-corrected chi connectivity index (χ2v) is 13.2. The van der Waals surface area contributed by atoms with Gasteiger partial charge in [0.2, 0.25) is 0 Å². The summed E-state index contributed by atoms with van der Waals surface area (Å²) in [6.07, 6.45) is 0. The zero-order valence-electron chi connectivity index (χ0n) is 26.5. The molecule has 9 aromatic rings. The first kappa shape index (κ1) is 29.0. The van der Waals surface area contributed by atoms with E-state index in [9.17, 15) is 0 Å². The van der Waals surface area contributed by atoms with E-state index in [4.69, 9.17) is 15.0 Å². The van der Waals surface area contributed by atoms with Crippen LogP contribution in [0.4, 0.5) is 0 Å². The summed E-state index contributed by atoms with van der Waals surface area (Å²) in [4.78, 5) is 15.1. The minimum Gasteiger partial charge on any atom is -0.208 e. The fraction of sp³-hybridized carbons (Fsp3) is 0. The zero-order chi connectivity index (χ0) is 32.6. The molecule has 0 spiro atoms. The van der Waals surface area contributed by atoms with E-state index < -0.39 is 0 Å². The van der Waals surface area contributed by atoms with Gasteiger partial charge < -0.3 is 0 Å². The van der Waals surface area contributed by atoms with E-state index in [1.807, 2.05) is 23.5 Å². The second-order valence-electron chi connectivity index (χ2n) is 12.1. The molecule has 0 fully saturated rings. The van der Waals surface area contributed by atoms with Gasteiger partial charge in [-0.15, -0.1) is 11.3 Å². The number of aromatic nitrogens is 3. The molecule has 0 atom stereocenters. The van der Waals surface area contributed by atoms with E-state index in [0.29, 0.717) is 17.5 Å². The summed E-state index contributed by atoms with van der Waals surface area (Å²) in [5.74, 6) is 1.95. The minimum atomic E-state index is 0.649. The maximum absolute atomic E-state index is 5.06. The smallest absolute Gasteiger partial charge is 0.164 e. The topological polar surface area (TPSA) is 38.7 Å². The Morgan fingerprint density at radius 1 is 0.265 bits per heavy atom. The number of hydrogen-bond acceptors (Lipinski definition) is 4. The van der Waals surface area contributed by atoms with Crippen LogP contribution in [-0.4, -0.2) is 15.0 Å². The third kappa shape index (κ3) is 5.69. The molecule has 0 saturated heterocycles. The lowest BCUT2D eigenvalue weighted by Gasteiger charge is -2.10. The maximum Gasteiger partial charge on any atom is 0.164 e. The number of thiophene rings is 1. The summed E-state index contributed by atoms with van der Waals surface area (Å²) in [6, 6.07) is 61.6. The predicted molar refractivity (Wildman–Crippen MR) is 205 cm³/mol. The molecule has 9 rings (SSSR count). The van der Waals surface area contributed by atoms with Gasteiger partial charge in [0.25, 0.3) is 0 Å². The second kappa shape index (κ2) is 12.4. The van der Waals surface area contributed by atoms with E-state index in [2.05, 4.69) is 164 Å². The Bertz CT molecular complexity index is 2460. The molecular formula is C45H29N3S. The average molecular weight is 644 g/mol. The van der Waals surface area contributed by atoms with Gasteiger partial charge in [-0.05, 0) is 45.5 Å². The molecule has 2 aromatic heterocycles. The Hall–Kier alpha value is -6.23. The van der Waals surface area contributed by atoms with Crippen LogP contribution in [0.2, 0.25) is 0 Å². The van der Waals surface area contributed by atoms with Gasteiger partial charge in [-0.3, -0.25) is 0 Å². The van der Waals surface area contributed by atoms with Crippen molar-refractivity contribution in [3.63, 3.8) is 0 Å². The maximum atomic E-state index is 5.06. The third-order valence-corrected chi connectivity index (χ3v) is 10.1. The fourth-order valence-corrected chi connectivity index (χ4v) is 7.56. The Kier molecular flexibility index (Phi) is 7.34. The highest BCUT2D eigenvalue weighted by Gasteiger charge is 2.15. The van der Waals surface area contributed by atoms with Gasteiger partial charge in [0.05, 0.1) is 0 Å². The van der Waals surface area contributed by atoms with Gasteiger partial charge in [-0.2, -0.15) is 0 Å². The van der Waals surface area contributed by atoms with Crippen molar-refractivity contribution in [2.45, 2.75) is 0 Å². The molecule has 0 bridgehead atoms. The van der Waals surface area contributed by atoms with Crippen LogP contribution in [0.3, 0.4) is 0 Å². The molecule has 0 radical (unpaired) electrons. The highest BCUT2D eigenvalue weighted by atomic mass is 32.1. The number of hydrogen-bond donors (Lipinski definition) is 0. The normalized spacial score (nSPS) is 11.3. The Morgan fingerprint density at radius 2 is 0.571 bits per heavy atom. The van der Waals surface area contributed by atoms with E-state index in [1.54, 1.807) is 0 Å². The first-order chi connectivity index (χ1) is 24.2. The Balaban J connectivity index is 1.14. The zero-order valence-corrected chi connectivity index (χ0v) is 27.3. The molecule has 49 heavy (non-hydrogen) atoms. The van der Waals surface area contributed by atoms with Crippen LogP contribution < -0.4 is 0 Å². The summed E-state index contributed by atoms with van der Waals surface area (Å²) >= 11 is 1.81. The van der Waals surface area contributed by atoms with E-state index in [1.165, 1.54) is 42.4 Å². The number of nitrogens with zero attached hydrogens (tertiary/aromatic N) is 3. The van der Waals surface area contributed by atoms with Crippen LogP contribution in [0.15, 0.2) is 176 Å². The summed E-state index contributed by atoms with van der Waals surface area (Å²) in [6.45, 7) is 0. The number of benzene rings is 7. The molecule has 0 aliphatic rings. The van der Waals surface area contributed by atoms with Crippen LogP contribution in [-0.2, 0) is 0 Å². The standard InChI is InChI=1S/C45H29N3S/c1-4-10-30(11-5-1)33-16-20-35(21-17-33)43-46-44(36-22-18-34(19-23-36)31-12-6-2-7-13-31)48-45(47-43)38-25-27-40-39-26-24-37(32-14-8-3-9-15-32)28-41(39)49-42(40)29-38/h1-29H. The molecule has 0 aliphatic heterocycles. The molecule has 4 heteroatoms.